The number of allylic oxidation sites excluding steroid dienone is 1. The molecular formula is C19H11F3N4O2S. The van der Waals surface area contributed by atoms with Gasteiger partial charge in [-0.05, 0) is 30.3 Å². The Bertz CT molecular complexity index is 1120. The van der Waals surface area contributed by atoms with E-state index in [1.807, 2.05) is 6.07 Å². The van der Waals surface area contributed by atoms with E-state index in [4.69, 9.17) is 0 Å². The minimum atomic E-state index is -4.46. The third kappa shape index (κ3) is 4.77. The number of hydrogen-bond acceptors (Lipinski definition) is 6. The molecule has 29 heavy (non-hydrogen) atoms. The van der Waals surface area contributed by atoms with E-state index in [9.17, 15) is 28.5 Å². The molecular weight excluding hydrogens is 405 g/mol. The second-order valence-corrected chi connectivity index (χ2v) is 6.59. The van der Waals surface area contributed by atoms with Crippen molar-refractivity contribution in [1.29, 1.82) is 5.26 Å². The van der Waals surface area contributed by atoms with Gasteiger partial charge in [0, 0.05) is 35.0 Å². The fraction of sp³-hybridized carbons (Fsp3) is 0.0526. The number of anilines is 1. The number of benzene rings is 2. The van der Waals surface area contributed by atoms with E-state index in [1.54, 1.807) is 17.5 Å². The summed E-state index contributed by atoms with van der Waals surface area (Å²) in [5.41, 5.74) is 0.637. The second kappa shape index (κ2) is 8.12. The molecule has 0 spiro atoms. The van der Waals surface area contributed by atoms with Gasteiger partial charge in [0.2, 0.25) is 0 Å². The molecule has 2 aromatic carbocycles. The molecule has 0 aliphatic heterocycles. The van der Waals surface area contributed by atoms with Crippen molar-refractivity contribution in [2.24, 2.45) is 0 Å². The van der Waals surface area contributed by atoms with Crippen LogP contribution in [-0.2, 0) is 6.18 Å². The Balaban J connectivity index is 1.81. The van der Waals surface area contributed by atoms with Crippen LogP contribution in [0.25, 0.3) is 16.8 Å². The highest BCUT2D eigenvalue weighted by Gasteiger charge is 2.30. The molecule has 0 aliphatic carbocycles. The van der Waals surface area contributed by atoms with Crippen LogP contribution in [-0.4, -0.2) is 9.91 Å². The quantitative estimate of drug-likeness (QED) is 0.327. The summed E-state index contributed by atoms with van der Waals surface area (Å²) in [4.78, 5) is 14.6. The van der Waals surface area contributed by atoms with Crippen LogP contribution >= 0.6 is 11.3 Å². The molecule has 0 bridgehead atoms. The average molecular weight is 416 g/mol. The third-order valence-corrected chi connectivity index (χ3v) is 4.68. The largest absolute Gasteiger partial charge is 0.416 e. The van der Waals surface area contributed by atoms with Gasteiger partial charge in [0.1, 0.15) is 16.6 Å². The van der Waals surface area contributed by atoms with Crippen LogP contribution in [0, 0.1) is 21.4 Å². The van der Waals surface area contributed by atoms with Gasteiger partial charge < -0.3 is 5.32 Å². The normalized spacial score (nSPS) is 11.7. The molecule has 0 radical (unpaired) electrons. The molecule has 0 atom stereocenters. The zero-order chi connectivity index (χ0) is 21.0. The minimum Gasteiger partial charge on any atom is -0.360 e. The number of thiazole rings is 1. The number of alkyl halides is 3. The van der Waals surface area contributed by atoms with Crippen LogP contribution in [0.15, 0.2) is 60.1 Å². The number of aromatic nitrogens is 1. The molecule has 0 saturated carbocycles. The topological polar surface area (TPSA) is 91.8 Å². The lowest BCUT2D eigenvalue weighted by molar-refractivity contribution is -0.384. The van der Waals surface area contributed by atoms with Crippen LogP contribution in [0.5, 0.6) is 0 Å². The molecule has 1 aromatic heterocycles. The van der Waals surface area contributed by atoms with Gasteiger partial charge >= 0.3 is 6.18 Å². The summed E-state index contributed by atoms with van der Waals surface area (Å²) in [6, 6.07) is 12.4. The van der Waals surface area contributed by atoms with E-state index in [0.717, 1.165) is 12.1 Å². The first kappa shape index (κ1) is 20.0. The highest BCUT2D eigenvalue weighted by atomic mass is 32.1. The van der Waals surface area contributed by atoms with Crippen LogP contribution in [0.3, 0.4) is 0 Å². The highest BCUT2D eigenvalue weighted by molar-refractivity contribution is 7.11. The smallest absolute Gasteiger partial charge is 0.360 e. The summed E-state index contributed by atoms with van der Waals surface area (Å²) in [7, 11) is 0. The maximum Gasteiger partial charge on any atom is 0.416 e. The van der Waals surface area contributed by atoms with Gasteiger partial charge in [-0.3, -0.25) is 10.1 Å². The monoisotopic (exact) mass is 416 g/mol. The zero-order valence-corrected chi connectivity index (χ0v) is 15.3. The van der Waals surface area contributed by atoms with Crippen molar-refractivity contribution >= 4 is 28.3 Å². The van der Waals surface area contributed by atoms with Crippen molar-refractivity contribution < 1.29 is 18.1 Å². The summed E-state index contributed by atoms with van der Waals surface area (Å²) in [6.45, 7) is 0. The lowest BCUT2D eigenvalue weighted by atomic mass is 10.1. The zero-order valence-electron chi connectivity index (χ0n) is 14.5. The Hall–Kier alpha value is -3.71. The predicted molar refractivity (Wildman–Crippen MR) is 103 cm³/mol. The number of nitro groups is 1. The van der Waals surface area contributed by atoms with Gasteiger partial charge in [-0.1, -0.05) is 6.07 Å². The van der Waals surface area contributed by atoms with Crippen molar-refractivity contribution in [3.05, 3.63) is 80.8 Å². The van der Waals surface area contributed by atoms with E-state index in [1.165, 1.54) is 41.8 Å². The van der Waals surface area contributed by atoms with Gasteiger partial charge in [-0.2, -0.15) is 18.4 Å². The summed E-state index contributed by atoms with van der Waals surface area (Å²) in [5.74, 6) is 0. The first-order valence-electron chi connectivity index (χ1n) is 8.03. The molecule has 0 aliphatic rings. The van der Waals surface area contributed by atoms with E-state index >= 15 is 0 Å². The molecule has 6 nitrogen and oxygen atoms in total. The van der Waals surface area contributed by atoms with Crippen LogP contribution in [0.4, 0.5) is 24.5 Å². The Kier molecular flexibility index (Phi) is 5.61. The summed E-state index contributed by atoms with van der Waals surface area (Å²) < 4.78 is 38.4. The first-order valence-corrected chi connectivity index (χ1v) is 8.90. The number of nitriles is 1. The predicted octanol–water partition coefficient (Wildman–Crippen LogP) is 5.71. The Morgan fingerprint density at radius 1 is 1.24 bits per heavy atom. The molecule has 1 N–H and O–H groups in total. The molecule has 0 amide bonds. The number of non-ortho nitro benzene ring substituents is 1. The van der Waals surface area contributed by atoms with Crippen molar-refractivity contribution in [3.8, 4) is 17.3 Å². The minimum absolute atomic E-state index is 0.0490. The standard InChI is InChI=1S/C19H11F3N4O2S/c20-19(21,22)14-2-1-3-15(8-14)24-10-13(9-23)18-25-17(11-29-18)12-4-6-16(7-5-12)26(27)28/h1-8,10-11,24H/b13-10-. The highest BCUT2D eigenvalue weighted by Crippen LogP contribution is 2.31. The molecule has 10 heteroatoms. The van der Waals surface area contributed by atoms with E-state index in [-0.39, 0.29) is 16.9 Å². The molecule has 0 unspecified atom stereocenters. The van der Waals surface area contributed by atoms with Crippen LogP contribution < -0.4 is 5.32 Å². The summed E-state index contributed by atoms with van der Waals surface area (Å²) in [6.07, 6.45) is -3.18. The van der Waals surface area contributed by atoms with Crippen LogP contribution in [0.1, 0.15) is 10.6 Å². The van der Waals surface area contributed by atoms with Crippen molar-refractivity contribution in [2.75, 3.05) is 5.32 Å². The fourth-order valence-corrected chi connectivity index (χ4v) is 3.16. The number of nitrogens with one attached hydrogen (secondary N) is 1. The molecule has 3 rings (SSSR count). The first-order chi connectivity index (χ1) is 13.8. The summed E-state index contributed by atoms with van der Waals surface area (Å²) >= 11 is 1.17. The number of nitrogens with zero attached hydrogens (tertiary/aromatic N) is 3. The molecule has 146 valence electrons. The Morgan fingerprint density at radius 2 is 1.97 bits per heavy atom. The number of hydrogen-bond donors (Lipinski definition) is 1. The van der Waals surface area contributed by atoms with Crippen molar-refractivity contribution in [1.82, 2.24) is 4.98 Å². The van der Waals surface area contributed by atoms with Gasteiger partial charge in [0.05, 0.1) is 16.2 Å². The van der Waals surface area contributed by atoms with E-state index < -0.39 is 16.7 Å². The van der Waals surface area contributed by atoms with E-state index in [0.29, 0.717) is 16.3 Å². The number of rotatable bonds is 5. The number of halogens is 3. The number of nitro benzene ring substituents is 1. The van der Waals surface area contributed by atoms with Gasteiger partial charge in [0.25, 0.3) is 5.69 Å². The molecule has 3 aromatic rings. The fourth-order valence-electron chi connectivity index (χ4n) is 2.37. The Morgan fingerprint density at radius 3 is 2.59 bits per heavy atom. The maximum atomic E-state index is 12.8. The molecule has 1 heterocycles. The van der Waals surface area contributed by atoms with E-state index in [2.05, 4.69) is 10.3 Å². The summed E-state index contributed by atoms with van der Waals surface area (Å²) in [5, 5.41) is 24.8. The van der Waals surface area contributed by atoms with Crippen molar-refractivity contribution in [2.45, 2.75) is 6.18 Å². The average Bonchev–Trinajstić information content (AvgIpc) is 3.18. The molecule has 0 fully saturated rings. The Labute approximate surface area is 166 Å². The van der Waals surface area contributed by atoms with Gasteiger partial charge in [-0.15, -0.1) is 11.3 Å². The van der Waals surface area contributed by atoms with Gasteiger partial charge in [-0.25, -0.2) is 4.98 Å². The lowest BCUT2D eigenvalue weighted by Crippen LogP contribution is -2.05. The SMILES string of the molecule is N#C/C(=C/Nc1cccc(C(F)(F)F)c1)c1nc(-c2ccc([N+](=O)[O-])cc2)cs1. The van der Waals surface area contributed by atoms with Gasteiger partial charge in [0.15, 0.2) is 0 Å². The third-order valence-electron chi connectivity index (χ3n) is 3.80. The van der Waals surface area contributed by atoms with Crippen molar-refractivity contribution in [3.63, 3.8) is 0 Å². The maximum absolute atomic E-state index is 12.8. The second-order valence-electron chi connectivity index (χ2n) is 5.73. The molecule has 0 saturated heterocycles. The lowest BCUT2D eigenvalue weighted by Gasteiger charge is -2.08. The van der Waals surface area contributed by atoms with Crippen LogP contribution in [0.2, 0.25) is 0 Å².